The number of carbonyl (C=O) groups is 2. The van der Waals surface area contributed by atoms with Crippen LogP contribution in [0.25, 0.3) is 11.1 Å². The molecular formula is C26H30O4. The highest BCUT2D eigenvalue weighted by Gasteiger charge is 2.35. The molecule has 1 aliphatic rings. The Morgan fingerprint density at radius 2 is 1.37 bits per heavy atom. The van der Waals surface area contributed by atoms with Gasteiger partial charge in [-0.3, -0.25) is 9.59 Å². The summed E-state index contributed by atoms with van der Waals surface area (Å²) in [6, 6.07) is 7.13. The molecule has 0 saturated carbocycles. The summed E-state index contributed by atoms with van der Waals surface area (Å²) in [5.41, 5.74) is 4.42. The molecule has 3 rings (SSSR count). The Hall–Kier alpha value is -2.88. The van der Waals surface area contributed by atoms with Crippen molar-refractivity contribution in [1.82, 2.24) is 0 Å². The van der Waals surface area contributed by atoms with Crippen LogP contribution < -0.4 is 0 Å². The molecule has 4 heteroatoms. The van der Waals surface area contributed by atoms with Gasteiger partial charge in [0.05, 0.1) is 7.11 Å². The van der Waals surface area contributed by atoms with E-state index in [4.69, 9.17) is 4.74 Å². The van der Waals surface area contributed by atoms with Gasteiger partial charge in [0.25, 0.3) is 0 Å². The second-order valence-corrected chi connectivity index (χ2v) is 9.97. The zero-order chi connectivity index (χ0) is 22.6. The van der Waals surface area contributed by atoms with Gasteiger partial charge in [0.1, 0.15) is 5.75 Å². The Morgan fingerprint density at radius 1 is 0.800 bits per heavy atom. The number of ether oxygens (including phenoxy) is 1. The minimum Gasteiger partial charge on any atom is -0.508 e. The van der Waals surface area contributed by atoms with Gasteiger partial charge in [-0.1, -0.05) is 59.7 Å². The average molecular weight is 407 g/mol. The minimum absolute atomic E-state index is 0.0477. The number of benzene rings is 2. The van der Waals surface area contributed by atoms with E-state index in [0.717, 1.165) is 27.8 Å². The molecule has 0 saturated heterocycles. The number of phenolic OH excluding ortho intramolecular Hbond substituents is 1. The quantitative estimate of drug-likeness (QED) is 0.677. The molecule has 0 unspecified atom stereocenters. The van der Waals surface area contributed by atoms with E-state index < -0.39 is 0 Å². The van der Waals surface area contributed by atoms with Crippen molar-refractivity contribution in [1.29, 1.82) is 0 Å². The SMILES string of the molecule is COC1=CC(=O)c2ccc(C)c(-c3ccc(O)c(C(C)(C)C)c3C(C)(C)C)c2C1=O. The molecule has 0 radical (unpaired) electrons. The van der Waals surface area contributed by atoms with E-state index >= 15 is 0 Å². The lowest BCUT2D eigenvalue weighted by Gasteiger charge is -2.34. The number of rotatable bonds is 2. The molecule has 1 aliphatic carbocycles. The number of aromatic hydroxyl groups is 1. The van der Waals surface area contributed by atoms with Crippen molar-refractivity contribution < 1.29 is 19.4 Å². The Morgan fingerprint density at radius 3 is 1.90 bits per heavy atom. The first-order valence-corrected chi connectivity index (χ1v) is 10.1. The lowest BCUT2D eigenvalue weighted by atomic mass is 9.70. The van der Waals surface area contributed by atoms with Gasteiger partial charge < -0.3 is 9.84 Å². The molecule has 0 aliphatic heterocycles. The number of Topliss-reactive ketones (excluding diaryl/α,β-unsaturated/α-hetero) is 1. The van der Waals surface area contributed by atoms with Crippen molar-refractivity contribution in [2.24, 2.45) is 0 Å². The van der Waals surface area contributed by atoms with E-state index in [-0.39, 0.29) is 33.9 Å². The first-order valence-electron chi connectivity index (χ1n) is 10.1. The summed E-state index contributed by atoms with van der Waals surface area (Å²) in [5, 5.41) is 10.8. The number of phenols is 1. The number of ketones is 2. The Bertz CT molecular complexity index is 1090. The predicted octanol–water partition coefficient (Wildman–Crippen LogP) is 5.87. The van der Waals surface area contributed by atoms with Crippen LogP contribution in [0.2, 0.25) is 0 Å². The zero-order valence-electron chi connectivity index (χ0n) is 19.1. The number of carbonyl (C=O) groups excluding carboxylic acids is 2. The largest absolute Gasteiger partial charge is 0.508 e. The van der Waals surface area contributed by atoms with Crippen molar-refractivity contribution in [2.75, 3.05) is 7.11 Å². The first-order chi connectivity index (χ1) is 13.8. The lowest BCUT2D eigenvalue weighted by molar-refractivity contribution is 0.0917. The number of hydrogen-bond donors (Lipinski definition) is 1. The van der Waals surface area contributed by atoms with Crippen molar-refractivity contribution >= 4 is 11.6 Å². The third-order valence-electron chi connectivity index (χ3n) is 5.56. The summed E-state index contributed by atoms with van der Waals surface area (Å²) in [5.74, 6) is -0.254. The molecule has 2 aromatic rings. The van der Waals surface area contributed by atoms with Crippen molar-refractivity contribution in [2.45, 2.75) is 59.3 Å². The van der Waals surface area contributed by atoms with Crippen LogP contribution in [-0.2, 0) is 15.6 Å². The van der Waals surface area contributed by atoms with Gasteiger partial charge in [0, 0.05) is 22.8 Å². The van der Waals surface area contributed by atoms with Crippen LogP contribution in [0.5, 0.6) is 5.75 Å². The second-order valence-electron chi connectivity index (χ2n) is 9.97. The second kappa shape index (κ2) is 7.12. The monoisotopic (exact) mass is 406 g/mol. The van der Waals surface area contributed by atoms with E-state index in [2.05, 4.69) is 41.5 Å². The molecule has 2 aromatic carbocycles. The Kier molecular flexibility index (Phi) is 5.18. The van der Waals surface area contributed by atoms with Gasteiger partial charge in [-0.15, -0.1) is 0 Å². The van der Waals surface area contributed by atoms with Gasteiger partial charge in [-0.05, 0) is 46.1 Å². The van der Waals surface area contributed by atoms with E-state index in [9.17, 15) is 14.7 Å². The third-order valence-corrected chi connectivity index (χ3v) is 5.56. The minimum atomic E-state index is -0.317. The summed E-state index contributed by atoms with van der Waals surface area (Å²) in [7, 11) is 1.40. The van der Waals surface area contributed by atoms with Gasteiger partial charge in [0.2, 0.25) is 5.78 Å². The fourth-order valence-electron chi connectivity index (χ4n) is 4.37. The topological polar surface area (TPSA) is 63.6 Å². The number of hydrogen-bond acceptors (Lipinski definition) is 4. The number of fused-ring (bicyclic) bond motifs is 1. The number of aryl methyl sites for hydroxylation is 1. The first kappa shape index (κ1) is 21.8. The molecule has 0 fully saturated rings. The van der Waals surface area contributed by atoms with E-state index in [1.807, 2.05) is 19.1 Å². The summed E-state index contributed by atoms with van der Waals surface area (Å²) < 4.78 is 5.21. The highest BCUT2D eigenvalue weighted by atomic mass is 16.5. The third kappa shape index (κ3) is 3.45. The van der Waals surface area contributed by atoms with Crippen molar-refractivity contribution in [3.63, 3.8) is 0 Å². The van der Waals surface area contributed by atoms with Crippen LogP contribution in [0.3, 0.4) is 0 Å². The predicted molar refractivity (Wildman–Crippen MR) is 119 cm³/mol. The Balaban J connectivity index is 2.50. The molecule has 158 valence electrons. The van der Waals surface area contributed by atoms with E-state index in [1.54, 1.807) is 12.1 Å². The molecule has 0 bridgehead atoms. The lowest BCUT2D eigenvalue weighted by Crippen LogP contribution is -2.25. The summed E-state index contributed by atoms with van der Waals surface area (Å²) in [4.78, 5) is 26.0. The molecule has 0 aromatic heterocycles. The van der Waals surface area contributed by atoms with Gasteiger partial charge in [0.15, 0.2) is 11.5 Å². The molecule has 1 N–H and O–H groups in total. The fourth-order valence-corrected chi connectivity index (χ4v) is 4.37. The average Bonchev–Trinajstić information content (AvgIpc) is 2.62. The fraction of sp³-hybridized carbons (Fsp3) is 0.385. The van der Waals surface area contributed by atoms with Crippen LogP contribution in [-0.4, -0.2) is 23.8 Å². The summed E-state index contributed by atoms with van der Waals surface area (Å²) >= 11 is 0. The molecule has 0 heterocycles. The van der Waals surface area contributed by atoms with Gasteiger partial charge in [-0.25, -0.2) is 0 Å². The molecule has 0 amide bonds. The van der Waals surface area contributed by atoms with Gasteiger partial charge >= 0.3 is 0 Å². The Labute approximate surface area is 178 Å². The van der Waals surface area contributed by atoms with Crippen LogP contribution in [0, 0.1) is 6.92 Å². The van der Waals surface area contributed by atoms with Crippen molar-refractivity contribution in [3.8, 4) is 16.9 Å². The molecule has 30 heavy (non-hydrogen) atoms. The van der Waals surface area contributed by atoms with Crippen molar-refractivity contribution in [3.05, 3.63) is 63.9 Å². The number of methoxy groups -OCH3 is 1. The summed E-state index contributed by atoms with van der Waals surface area (Å²) in [6.07, 6.45) is 1.26. The smallest absolute Gasteiger partial charge is 0.229 e. The zero-order valence-corrected chi connectivity index (χ0v) is 19.1. The van der Waals surface area contributed by atoms with Crippen LogP contribution in [0.1, 0.15) is 78.9 Å². The highest BCUT2D eigenvalue weighted by Crippen LogP contribution is 2.47. The molecular weight excluding hydrogens is 376 g/mol. The highest BCUT2D eigenvalue weighted by molar-refractivity contribution is 6.26. The number of allylic oxidation sites excluding steroid dienone is 2. The normalized spacial score (nSPS) is 14.5. The van der Waals surface area contributed by atoms with Gasteiger partial charge in [-0.2, -0.15) is 0 Å². The molecule has 0 spiro atoms. The van der Waals surface area contributed by atoms with Crippen LogP contribution in [0.4, 0.5) is 0 Å². The molecule has 4 nitrogen and oxygen atoms in total. The summed E-state index contributed by atoms with van der Waals surface area (Å²) in [6.45, 7) is 14.4. The van der Waals surface area contributed by atoms with E-state index in [1.165, 1.54) is 13.2 Å². The van der Waals surface area contributed by atoms with Crippen LogP contribution in [0.15, 0.2) is 36.1 Å². The maximum Gasteiger partial charge on any atom is 0.229 e. The molecule has 0 atom stereocenters. The van der Waals surface area contributed by atoms with E-state index in [0.29, 0.717) is 11.1 Å². The maximum absolute atomic E-state index is 13.3. The standard InChI is InChI=1S/C26H30O4/c1-14-9-10-15-18(28)13-19(30-8)24(29)21(15)20(14)16-11-12-17(27)23(26(5,6)7)22(16)25(2,3)4/h9-13,27H,1-8H3. The maximum atomic E-state index is 13.3. The van der Waals surface area contributed by atoms with Crippen LogP contribution >= 0.6 is 0 Å².